The van der Waals surface area contributed by atoms with Crippen LogP contribution in [0.4, 0.5) is 5.69 Å². The molecule has 0 radical (unpaired) electrons. The number of hydrogen-bond acceptors (Lipinski definition) is 3. The predicted octanol–water partition coefficient (Wildman–Crippen LogP) is 4.21. The first kappa shape index (κ1) is 20.6. The molecule has 0 spiro atoms. The second-order valence-electron chi connectivity index (χ2n) is 7.25. The molecule has 0 atom stereocenters. The summed E-state index contributed by atoms with van der Waals surface area (Å²) in [4.78, 5) is 12.9. The van der Waals surface area contributed by atoms with E-state index in [0.717, 1.165) is 38.5 Å². The minimum atomic E-state index is -3.73. The van der Waals surface area contributed by atoms with Crippen molar-refractivity contribution in [3.05, 3.63) is 60.2 Å². The van der Waals surface area contributed by atoms with Crippen molar-refractivity contribution in [1.82, 2.24) is 4.31 Å². The van der Waals surface area contributed by atoms with E-state index < -0.39 is 10.0 Å². The molecule has 0 unspecified atom stereocenters. The molecule has 28 heavy (non-hydrogen) atoms. The van der Waals surface area contributed by atoms with Crippen LogP contribution in [-0.4, -0.2) is 31.2 Å². The Kier molecular flexibility index (Phi) is 6.86. The van der Waals surface area contributed by atoms with E-state index in [0.29, 0.717) is 5.69 Å². The van der Waals surface area contributed by atoms with Gasteiger partial charge in [-0.15, -0.1) is 0 Å². The van der Waals surface area contributed by atoms with Gasteiger partial charge in [0.25, 0.3) is 0 Å². The summed E-state index contributed by atoms with van der Waals surface area (Å²) in [7, 11) is -3.73. The van der Waals surface area contributed by atoms with E-state index in [1.54, 1.807) is 30.3 Å². The van der Waals surface area contributed by atoms with Crippen LogP contribution >= 0.6 is 0 Å². The Hall–Kier alpha value is -2.18. The summed E-state index contributed by atoms with van der Waals surface area (Å²) in [5, 5.41) is 2.84. The molecule has 1 aliphatic carbocycles. The third-order valence-electron chi connectivity index (χ3n) is 5.28. The number of rotatable bonds is 7. The zero-order valence-electron chi connectivity index (χ0n) is 16.3. The highest BCUT2D eigenvalue weighted by molar-refractivity contribution is 7.89. The molecule has 1 aliphatic rings. The minimum absolute atomic E-state index is 0.132. The Morgan fingerprint density at radius 3 is 2.25 bits per heavy atom. The molecule has 1 fully saturated rings. The van der Waals surface area contributed by atoms with Gasteiger partial charge in [-0.1, -0.05) is 56.5 Å². The molecule has 150 valence electrons. The number of carbonyl (C=O) groups excluding carboxylic acids is 1. The van der Waals surface area contributed by atoms with Crippen LogP contribution in [0.15, 0.2) is 59.5 Å². The average Bonchev–Trinajstić information content (AvgIpc) is 2.74. The van der Waals surface area contributed by atoms with Crippen molar-refractivity contribution < 1.29 is 13.2 Å². The standard InChI is InChI=1S/C22H28N2O3S/c1-2-18-13-15-19(16-14-18)23-22(25)17-24(20-9-5-3-6-10-20)28(26,27)21-11-7-4-8-12-21/h4,7-8,11-16,20H,2-3,5-6,9-10,17H2,1H3,(H,23,25). The molecule has 2 aromatic rings. The Balaban J connectivity index is 1.79. The molecule has 0 heterocycles. The molecule has 0 aliphatic heterocycles. The molecule has 2 aromatic carbocycles. The van der Waals surface area contributed by atoms with Crippen LogP contribution < -0.4 is 5.32 Å². The number of nitrogens with zero attached hydrogens (tertiary/aromatic N) is 1. The normalized spacial score (nSPS) is 15.5. The number of hydrogen-bond donors (Lipinski definition) is 1. The number of carbonyl (C=O) groups is 1. The largest absolute Gasteiger partial charge is 0.325 e. The first-order valence-electron chi connectivity index (χ1n) is 9.96. The van der Waals surface area contributed by atoms with Crippen LogP contribution in [-0.2, 0) is 21.2 Å². The number of sulfonamides is 1. The Morgan fingerprint density at radius 2 is 1.64 bits per heavy atom. The number of benzene rings is 2. The van der Waals surface area contributed by atoms with E-state index >= 15 is 0 Å². The lowest BCUT2D eigenvalue weighted by molar-refractivity contribution is -0.116. The van der Waals surface area contributed by atoms with Crippen molar-refractivity contribution in [2.75, 3.05) is 11.9 Å². The van der Waals surface area contributed by atoms with Crippen molar-refractivity contribution in [3.63, 3.8) is 0 Å². The average molecular weight is 401 g/mol. The maximum absolute atomic E-state index is 13.2. The van der Waals surface area contributed by atoms with Crippen LogP contribution in [0.2, 0.25) is 0 Å². The van der Waals surface area contributed by atoms with Crippen molar-refractivity contribution in [2.45, 2.75) is 56.4 Å². The van der Waals surface area contributed by atoms with Gasteiger partial charge in [0.2, 0.25) is 15.9 Å². The summed E-state index contributed by atoms with van der Waals surface area (Å²) in [6, 6.07) is 15.9. The SMILES string of the molecule is CCc1ccc(NC(=O)CN(C2CCCCC2)S(=O)(=O)c2ccccc2)cc1. The molecule has 1 saturated carbocycles. The summed E-state index contributed by atoms with van der Waals surface area (Å²) < 4.78 is 27.9. The molecular formula is C22H28N2O3S. The molecule has 1 N–H and O–H groups in total. The summed E-state index contributed by atoms with van der Waals surface area (Å²) >= 11 is 0. The van der Waals surface area contributed by atoms with Gasteiger partial charge in [-0.2, -0.15) is 4.31 Å². The fourth-order valence-electron chi connectivity index (χ4n) is 3.67. The first-order valence-corrected chi connectivity index (χ1v) is 11.4. The van der Waals surface area contributed by atoms with Crippen LogP contribution in [0.1, 0.15) is 44.6 Å². The number of anilines is 1. The Labute approximate surface area is 167 Å². The van der Waals surface area contributed by atoms with Gasteiger partial charge >= 0.3 is 0 Å². The van der Waals surface area contributed by atoms with Crippen LogP contribution in [0.25, 0.3) is 0 Å². The lowest BCUT2D eigenvalue weighted by Crippen LogP contribution is -2.45. The van der Waals surface area contributed by atoms with Crippen LogP contribution in [0, 0.1) is 0 Å². The molecule has 0 saturated heterocycles. The van der Waals surface area contributed by atoms with E-state index in [4.69, 9.17) is 0 Å². The summed E-state index contributed by atoms with van der Waals surface area (Å²) in [6.07, 6.45) is 5.62. The fourth-order valence-corrected chi connectivity index (χ4v) is 5.34. The maximum atomic E-state index is 13.2. The Bertz CT molecular complexity index is 874. The van der Waals surface area contributed by atoms with Crippen molar-refractivity contribution in [1.29, 1.82) is 0 Å². The zero-order valence-corrected chi connectivity index (χ0v) is 17.1. The third kappa shape index (κ3) is 5.00. The Morgan fingerprint density at radius 1 is 1.00 bits per heavy atom. The topological polar surface area (TPSA) is 66.5 Å². The quantitative estimate of drug-likeness (QED) is 0.757. The van der Waals surface area contributed by atoms with E-state index in [1.165, 1.54) is 9.87 Å². The molecule has 3 rings (SSSR count). The van der Waals surface area contributed by atoms with Gasteiger partial charge in [0.05, 0.1) is 11.4 Å². The van der Waals surface area contributed by atoms with Gasteiger partial charge in [-0.3, -0.25) is 4.79 Å². The number of aryl methyl sites for hydroxylation is 1. The van der Waals surface area contributed by atoms with Crippen molar-refractivity contribution in [3.8, 4) is 0 Å². The minimum Gasteiger partial charge on any atom is -0.325 e. The lowest BCUT2D eigenvalue weighted by Gasteiger charge is -2.33. The van der Waals surface area contributed by atoms with E-state index in [-0.39, 0.29) is 23.4 Å². The first-order chi connectivity index (χ1) is 13.5. The summed E-state index contributed by atoms with van der Waals surface area (Å²) in [6.45, 7) is 1.90. The highest BCUT2D eigenvalue weighted by Crippen LogP contribution is 2.27. The summed E-state index contributed by atoms with van der Waals surface area (Å²) in [5.74, 6) is -0.311. The third-order valence-corrected chi connectivity index (χ3v) is 7.19. The fraction of sp³-hybridized carbons (Fsp3) is 0.409. The molecule has 5 nitrogen and oxygen atoms in total. The van der Waals surface area contributed by atoms with Gasteiger partial charge < -0.3 is 5.32 Å². The van der Waals surface area contributed by atoms with Crippen LogP contribution in [0.5, 0.6) is 0 Å². The van der Waals surface area contributed by atoms with E-state index in [1.807, 2.05) is 24.3 Å². The predicted molar refractivity (Wildman–Crippen MR) is 112 cm³/mol. The smallest absolute Gasteiger partial charge is 0.243 e. The molecule has 1 amide bonds. The van der Waals surface area contributed by atoms with Gasteiger partial charge in [0.1, 0.15) is 0 Å². The molecular weight excluding hydrogens is 372 g/mol. The summed E-state index contributed by atoms with van der Waals surface area (Å²) in [5.41, 5.74) is 1.87. The number of nitrogens with one attached hydrogen (secondary N) is 1. The second-order valence-corrected chi connectivity index (χ2v) is 9.14. The van der Waals surface area contributed by atoms with Gasteiger partial charge in [-0.05, 0) is 49.1 Å². The van der Waals surface area contributed by atoms with Gasteiger partial charge in [0.15, 0.2) is 0 Å². The van der Waals surface area contributed by atoms with Crippen molar-refractivity contribution >= 4 is 21.6 Å². The zero-order chi connectivity index (χ0) is 20.0. The van der Waals surface area contributed by atoms with Crippen molar-refractivity contribution in [2.24, 2.45) is 0 Å². The monoisotopic (exact) mass is 400 g/mol. The highest BCUT2D eigenvalue weighted by atomic mass is 32.2. The second kappa shape index (κ2) is 9.34. The molecule has 0 bridgehead atoms. The highest BCUT2D eigenvalue weighted by Gasteiger charge is 2.33. The molecule has 6 heteroatoms. The van der Waals surface area contributed by atoms with E-state index in [2.05, 4.69) is 12.2 Å². The van der Waals surface area contributed by atoms with Crippen LogP contribution in [0.3, 0.4) is 0 Å². The molecule has 0 aromatic heterocycles. The van der Waals surface area contributed by atoms with Gasteiger partial charge in [0, 0.05) is 11.7 Å². The van der Waals surface area contributed by atoms with Gasteiger partial charge in [-0.25, -0.2) is 8.42 Å². The number of amides is 1. The lowest BCUT2D eigenvalue weighted by atomic mass is 9.95. The van der Waals surface area contributed by atoms with E-state index in [9.17, 15) is 13.2 Å². The maximum Gasteiger partial charge on any atom is 0.243 e.